The van der Waals surface area contributed by atoms with Gasteiger partial charge < -0.3 is 9.84 Å². The number of hydrogen-bond donors (Lipinski definition) is 1. The Labute approximate surface area is 134 Å². The molecule has 0 radical (unpaired) electrons. The van der Waals surface area contributed by atoms with E-state index in [1.807, 2.05) is 0 Å². The second kappa shape index (κ2) is 6.90. The Bertz CT molecular complexity index is 642. The fraction of sp³-hybridized carbons (Fsp3) is 0.400. The van der Waals surface area contributed by atoms with Gasteiger partial charge in [-0.25, -0.2) is 9.59 Å². The molecule has 1 aromatic carbocycles. The first-order chi connectivity index (χ1) is 11.2. The second-order valence-electron chi connectivity index (χ2n) is 5.24. The molecule has 1 N–H and O–H groups in total. The van der Waals surface area contributed by atoms with Crippen molar-refractivity contribution < 1.29 is 37.4 Å². The minimum atomic E-state index is -4.50. The second-order valence-corrected chi connectivity index (χ2v) is 5.24. The van der Waals surface area contributed by atoms with E-state index >= 15 is 0 Å². The minimum absolute atomic E-state index is 0.0303. The smallest absolute Gasteiger partial charge is 0.416 e. The van der Waals surface area contributed by atoms with E-state index < -0.39 is 42.2 Å². The van der Waals surface area contributed by atoms with Gasteiger partial charge in [0.2, 0.25) is 0 Å². The van der Waals surface area contributed by atoms with Crippen LogP contribution in [0.1, 0.15) is 28.8 Å². The van der Waals surface area contributed by atoms with Gasteiger partial charge in [0.05, 0.1) is 5.56 Å². The average molecular weight is 345 g/mol. The van der Waals surface area contributed by atoms with Crippen molar-refractivity contribution in [2.45, 2.75) is 25.1 Å². The quantitative estimate of drug-likeness (QED) is 0.670. The van der Waals surface area contributed by atoms with Crippen molar-refractivity contribution in [2.24, 2.45) is 0 Å². The van der Waals surface area contributed by atoms with E-state index in [0.717, 1.165) is 29.2 Å². The lowest BCUT2D eigenvalue weighted by molar-refractivity contribution is -0.147. The molecule has 0 unspecified atom stereocenters. The number of Topliss-reactive ketones (excluding diaryl/α,β-unsaturated/α-hetero) is 1. The summed E-state index contributed by atoms with van der Waals surface area (Å²) in [6.07, 6.45) is -4.93. The van der Waals surface area contributed by atoms with Gasteiger partial charge in [-0.05, 0) is 25.0 Å². The number of ether oxygens (including phenoxy) is 1. The summed E-state index contributed by atoms with van der Waals surface area (Å²) in [7, 11) is 0. The third-order valence-corrected chi connectivity index (χ3v) is 3.65. The van der Waals surface area contributed by atoms with Crippen LogP contribution in [0.4, 0.5) is 18.0 Å². The molecule has 0 bridgehead atoms. The van der Waals surface area contributed by atoms with E-state index in [-0.39, 0.29) is 12.1 Å². The molecule has 1 heterocycles. The van der Waals surface area contributed by atoms with E-state index in [1.54, 1.807) is 0 Å². The Morgan fingerprint density at radius 3 is 2.38 bits per heavy atom. The lowest BCUT2D eigenvalue weighted by Gasteiger charge is -2.19. The summed E-state index contributed by atoms with van der Waals surface area (Å²) in [5, 5.41) is 8.94. The normalized spacial score (nSPS) is 17.6. The third kappa shape index (κ3) is 4.03. The molecule has 6 nitrogen and oxygen atoms in total. The number of carboxylic acid groups (broad SMARTS) is 1. The largest absolute Gasteiger partial charge is 0.465 e. The number of likely N-dealkylation sites (tertiary alicyclic amines) is 1. The number of esters is 1. The van der Waals surface area contributed by atoms with Crippen LogP contribution in [0, 0.1) is 0 Å². The lowest BCUT2D eigenvalue weighted by Crippen LogP contribution is -2.41. The molecule has 1 saturated heterocycles. The van der Waals surface area contributed by atoms with E-state index in [9.17, 15) is 27.6 Å². The highest BCUT2D eigenvalue weighted by Gasteiger charge is 2.35. The number of amides is 1. The number of halogens is 3. The number of ketones is 1. The Hall–Kier alpha value is -2.58. The maximum atomic E-state index is 12.4. The van der Waals surface area contributed by atoms with Crippen LogP contribution in [0.5, 0.6) is 0 Å². The Morgan fingerprint density at radius 2 is 1.83 bits per heavy atom. The Kier molecular flexibility index (Phi) is 5.10. The third-order valence-electron chi connectivity index (χ3n) is 3.65. The first-order valence-electron chi connectivity index (χ1n) is 7.07. The van der Waals surface area contributed by atoms with Crippen molar-refractivity contribution >= 4 is 17.8 Å². The zero-order valence-corrected chi connectivity index (χ0v) is 12.4. The molecule has 0 spiro atoms. The molecule has 130 valence electrons. The van der Waals surface area contributed by atoms with Gasteiger partial charge in [-0.1, -0.05) is 12.1 Å². The van der Waals surface area contributed by atoms with Crippen LogP contribution in [0.3, 0.4) is 0 Å². The molecule has 9 heteroatoms. The van der Waals surface area contributed by atoms with E-state index in [1.165, 1.54) is 0 Å². The van der Waals surface area contributed by atoms with Gasteiger partial charge >= 0.3 is 18.2 Å². The maximum absolute atomic E-state index is 12.4. The molecule has 0 saturated carbocycles. The SMILES string of the molecule is O=C(COC(=O)[C@@H]1CCCN1C(=O)O)c1ccc(C(F)(F)F)cc1. The van der Waals surface area contributed by atoms with Crippen LogP contribution in [-0.4, -0.2) is 47.0 Å². The van der Waals surface area contributed by atoms with Gasteiger partial charge in [0.25, 0.3) is 0 Å². The van der Waals surface area contributed by atoms with Gasteiger partial charge in [0.15, 0.2) is 12.4 Å². The van der Waals surface area contributed by atoms with Gasteiger partial charge in [0.1, 0.15) is 6.04 Å². The highest BCUT2D eigenvalue weighted by Crippen LogP contribution is 2.29. The predicted molar refractivity (Wildman–Crippen MR) is 74.5 cm³/mol. The zero-order chi connectivity index (χ0) is 17.9. The van der Waals surface area contributed by atoms with Crippen molar-refractivity contribution in [3.63, 3.8) is 0 Å². The van der Waals surface area contributed by atoms with Crippen molar-refractivity contribution in [3.05, 3.63) is 35.4 Å². The van der Waals surface area contributed by atoms with Crippen molar-refractivity contribution in [1.82, 2.24) is 4.90 Å². The Balaban J connectivity index is 1.93. The summed E-state index contributed by atoms with van der Waals surface area (Å²) in [6.45, 7) is -0.448. The summed E-state index contributed by atoms with van der Waals surface area (Å²) in [6, 6.07) is 2.56. The topological polar surface area (TPSA) is 83.9 Å². The van der Waals surface area contributed by atoms with Crippen molar-refractivity contribution in [3.8, 4) is 0 Å². The van der Waals surface area contributed by atoms with Crippen LogP contribution >= 0.6 is 0 Å². The number of alkyl halides is 3. The van der Waals surface area contributed by atoms with E-state index in [0.29, 0.717) is 12.8 Å². The molecule has 0 aromatic heterocycles. The number of carbonyl (C=O) groups is 3. The van der Waals surface area contributed by atoms with Crippen LogP contribution in [0.25, 0.3) is 0 Å². The van der Waals surface area contributed by atoms with Gasteiger partial charge in [0, 0.05) is 12.1 Å². The summed E-state index contributed by atoms with van der Waals surface area (Å²) >= 11 is 0. The number of carbonyl (C=O) groups excluding carboxylic acids is 2. The number of nitrogens with zero attached hydrogens (tertiary/aromatic N) is 1. The van der Waals surface area contributed by atoms with Crippen LogP contribution in [0.2, 0.25) is 0 Å². The molecule has 1 amide bonds. The first kappa shape index (κ1) is 17.8. The van der Waals surface area contributed by atoms with Crippen LogP contribution in [-0.2, 0) is 15.7 Å². The number of benzene rings is 1. The van der Waals surface area contributed by atoms with Gasteiger partial charge in [-0.15, -0.1) is 0 Å². The van der Waals surface area contributed by atoms with Gasteiger partial charge in [-0.3, -0.25) is 9.69 Å². The molecular weight excluding hydrogens is 331 g/mol. The summed E-state index contributed by atoms with van der Waals surface area (Å²) in [5.41, 5.74) is -0.920. The van der Waals surface area contributed by atoms with E-state index in [2.05, 4.69) is 0 Å². The maximum Gasteiger partial charge on any atom is 0.416 e. The molecule has 1 atom stereocenters. The zero-order valence-electron chi connectivity index (χ0n) is 12.4. The van der Waals surface area contributed by atoms with Crippen LogP contribution < -0.4 is 0 Å². The standard InChI is InChI=1S/C15H14F3NO5/c16-15(17,18)10-5-3-9(4-6-10)12(20)8-24-13(21)11-2-1-7-19(11)14(22)23/h3-6,11H,1-2,7-8H2,(H,22,23)/t11-/m0/s1. The Morgan fingerprint density at radius 1 is 1.21 bits per heavy atom. The fourth-order valence-corrected chi connectivity index (χ4v) is 2.40. The van der Waals surface area contributed by atoms with Gasteiger partial charge in [-0.2, -0.15) is 13.2 Å². The van der Waals surface area contributed by atoms with Crippen molar-refractivity contribution in [1.29, 1.82) is 0 Å². The lowest BCUT2D eigenvalue weighted by atomic mass is 10.1. The number of hydrogen-bond acceptors (Lipinski definition) is 4. The molecule has 1 aromatic rings. The summed E-state index contributed by atoms with van der Waals surface area (Å²) in [5.74, 6) is -1.51. The fourth-order valence-electron chi connectivity index (χ4n) is 2.40. The van der Waals surface area contributed by atoms with E-state index in [4.69, 9.17) is 9.84 Å². The monoisotopic (exact) mass is 345 g/mol. The predicted octanol–water partition coefficient (Wildman–Crippen LogP) is 2.57. The molecule has 1 aliphatic heterocycles. The van der Waals surface area contributed by atoms with Crippen molar-refractivity contribution in [2.75, 3.05) is 13.2 Å². The molecule has 1 aliphatic rings. The molecule has 0 aliphatic carbocycles. The molecule has 2 rings (SSSR count). The molecular formula is C15H14F3NO5. The molecule has 24 heavy (non-hydrogen) atoms. The highest BCUT2D eigenvalue weighted by atomic mass is 19.4. The number of rotatable bonds is 4. The molecule has 1 fully saturated rings. The average Bonchev–Trinajstić information content (AvgIpc) is 3.01. The minimum Gasteiger partial charge on any atom is -0.465 e. The first-order valence-corrected chi connectivity index (χ1v) is 7.07. The summed E-state index contributed by atoms with van der Waals surface area (Å²) in [4.78, 5) is 35.6. The van der Waals surface area contributed by atoms with Crippen LogP contribution in [0.15, 0.2) is 24.3 Å². The highest BCUT2D eigenvalue weighted by molar-refractivity contribution is 5.98. The summed E-state index contributed by atoms with van der Waals surface area (Å²) < 4.78 is 42.1.